The van der Waals surface area contributed by atoms with Gasteiger partial charge in [0.2, 0.25) is 0 Å². The Kier molecular flexibility index (Phi) is 2.87. The summed E-state index contributed by atoms with van der Waals surface area (Å²) in [5.41, 5.74) is 6.07. The van der Waals surface area contributed by atoms with Crippen molar-refractivity contribution in [2.24, 2.45) is 5.73 Å². The first-order valence-electron chi connectivity index (χ1n) is 7.32. The molecule has 4 rings (SSSR count). The third kappa shape index (κ3) is 2.03. The molecule has 0 bridgehead atoms. The zero-order chi connectivity index (χ0) is 15.2. The van der Waals surface area contributed by atoms with Crippen LogP contribution in [-0.2, 0) is 5.54 Å². The van der Waals surface area contributed by atoms with Crippen molar-refractivity contribution >= 4 is 11.0 Å². The smallest absolute Gasteiger partial charge is 0.349 e. The van der Waals surface area contributed by atoms with Gasteiger partial charge in [0.05, 0.1) is 5.54 Å². The van der Waals surface area contributed by atoms with Crippen molar-refractivity contribution < 1.29 is 8.94 Å². The van der Waals surface area contributed by atoms with E-state index in [-0.39, 0.29) is 11.5 Å². The summed E-state index contributed by atoms with van der Waals surface area (Å²) in [6, 6.07) is 9.00. The Hall–Kier alpha value is -2.47. The molecular formula is C16H15N3O3. The van der Waals surface area contributed by atoms with E-state index in [2.05, 4.69) is 10.1 Å². The van der Waals surface area contributed by atoms with Gasteiger partial charge in [0, 0.05) is 5.39 Å². The number of nitrogens with two attached hydrogens (primary N) is 1. The molecule has 1 aliphatic rings. The largest absolute Gasteiger partial charge is 0.422 e. The highest BCUT2D eigenvalue weighted by Gasteiger charge is 2.36. The average molecular weight is 297 g/mol. The normalized spacial score (nSPS) is 17.1. The lowest BCUT2D eigenvalue weighted by atomic mass is 9.99. The zero-order valence-electron chi connectivity index (χ0n) is 11.9. The molecule has 0 amide bonds. The Bertz CT molecular complexity index is 891. The lowest BCUT2D eigenvalue weighted by molar-refractivity contribution is 0.372. The molecule has 0 spiro atoms. The van der Waals surface area contributed by atoms with E-state index in [0.29, 0.717) is 11.4 Å². The molecule has 6 heteroatoms. The lowest BCUT2D eigenvalue weighted by Crippen LogP contribution is -2.34. The molecule has 22 heavy (non-hydrogen) atoms. The molecule has 1 fully saturated rings. The number of benzene rings is 1. The van der Waals surface area contributed by atoms with E-state index in [1.807, 2.05) is 18.2 Å². The topological polar surface area (TPSA) is 95.1 Å². The number of aromatic nitrogens is 2. The number of para-hydroxylation sites is 1. The highest BCUT2D eigenvalue weighted by molar-refractivity contribution is 5.80. The van der Waals surface area contributed by atoms with Gasteiger partial charge >= 0.3 is 5.63 Å². The predicted molar refractivity (Wildman–Crippen MR) is 80.1 cm³/mol. The van der Waals surface area contributed by atoms with Crippen molar-refractivity contribution in [3.05, 3.63) is 46.6 Å². The van der Waals surface area contributed by atoms with E-state index in [1.165, 1.54) is 0 Å². The van der Waals surface area contributed by atoms with Crippen LogP contribution in [0.2, 0.25) is 0 Å². The van der Waals surface area contributed by atoms with E-state index in [1.54, 1.807) is 12.1 Å². The third-order valence-corrected chi connectivity index (χ3v) is 4.24. The lowest BCUT2D eigenvalue weighted by Gasteiger charge is -2.17. The van der Waals surface area contributed by atoms with Crippen molar-refractivity contribution in [1.82, 2.24) is 10.1 Å². The summed E-state index contributed by atoms with van der Waals surface area (Å²) in [7, 11) is 0. The average Bonchev–Trinajstić information content (AvgIpc) is 3.16. The Morgan fingerprint density at radius 1 is 1.18 bits per heavy atom. The molecule has 0 aliphatic heterocycles. The fourth-order valence-corrected chi connectivity index (χ4v) is 2.98. The van der Waals surface area contributed by atoms with Gasteiger partial charge in [-0.2, -0.15) is 4.98 Å². The minimum Gasteiger partial charge on any atom is -0.422 e. The van der Waals surface area contributed by atoms with E-state index in [0.717, 1.165) is 31.1 Å². The highest BCUT2D eigenvalue weighted by Crippen LogP contribution is 2.35. The maximum Gasteiger partial charge on any atom is 0.349 e. The second-order valence-electron chi connectivity index (χ2n) is 5.77. The van der Waals surface area contributed by atoms with Crippen LogP contribution in [0.1, 0.15) is 31.5 Å². The van der Waals surface area contributed by atoms with Crippen LogP contribution in [0.3, 0.4) is 0 Å². The number of hydrogen-bond acceptors (Lipinski definition) is 6. The molecular weight excluding hydrogens is 282 g/mol. The van der Waals surface area contributed by atoms with Crippen molar-refractivity contribution in [3.8, 4) is 11.5 Å². The fourth-order valence-electron chi connectivity index (χ4n) is 2.98. The van der Waals surface area contributed by atoms with Crippen molar-refractivity contribution in [3.63, 3.8) is 0 Å². The van der Waals surface area contributed by atoms with Crippen LogP contribution in [0.25, 0.3) is 22.4 Å². The van der Waals surface area contributed by atoms with Crippen LogP contribution in [0, 0.1) is 0 Å². The fraction of sp³-hybridized carbons (Fsp3) is 0.312. The first-order valence-corrected chi connectivity index (χ1v) is 7.32. The third-order valence-electron chi connectivity index (χ3n) is 4.24. The Morgan fingerprint density at radius 2 is 1.95 bits per heavy atom. The molecule has 2 heterocycles. The van der Waals surface area contributed by atoms with Gasteiger partial charge in [-0.3, -0.25) is 0 Å². The monoisotopic (exact) mass is 297 g/mol. The summed E-state index contributed by atoms with van der Waals surface area (Å²) in [5, 5.41) is 4.78. The van der Waals surface area contributed by atoms with Crippen LogP contribution in [0.4, 0.5) is 0 Å². The van der Waals surface area contributed by atoms with Gasteiger partial charge in [-0.1, -0.05) is 36.2 Å². The van der Waals surface area contributed by atoms with Gasteiger partial charge in [-0.25, -0.2) is 4.79 Å². The van der Waals surface area contributed by atoms with Crippen LogP contribution in [0.5, 0.6) is 0 Å². The summed E-state index contributed by atoms with van der Waals surface area (Å²) in [6.07, 6.45) is 3.77. The molecule has 1 saturated carbocycles. The van der Waals surface area contributed by atoms with Gasteiger partial charge in [-0.15, -0.1) is 0 Å². The van der Waals surface area contributed by atoms with E-state index in [9.17, 15) is 4.79 Å². The molecule has 1 aromatic carbocycles. The maximum absolute atomic E-state index is 12.1. The summed E-state index contributed by atoms with van der Waals surface area (Å²) < 4.78 is 10.5. The SMILES string of the molecule is NC1(c2noc(-c3cc4ccccc4oc3=O)n2)CCCC1. The standard InChI is InChI=1S/C16H15N3O3/c17-16(7-3-4-8-16)15-18-13(22-19-15)11-9-10-5-1-2-6-12(10)21-14(11)20/h1-2,5-6,9H,3-4,7-8,17H2. The minimum absolute atomic E-state index is 0.159. The molecule has 0 saturated heterocycles. The minimum atomic E-state index is -0.543. The molecule has 2 N–H and O–H groups in total. The number of rotatable bonds is 2. The van der Waals surface area contributed by atoms with Gasteiger partial charge in [-0.05, 0) is 25.0 Å². The van der Waals surface area contributed by atoms with Crippen molar-refractivity contribution in [2.75, 3.05) is 0 Å². The van der Waals surface area contributed by atoms with Crippen molar-refractivity contribution in [1.29, 1.82) is 0 Å². The molecule has 3 aromatic rings. The van der Waals surface area contributed by atoms with Crippen LogP contribution < -0.4 is 11.4 Å². The summed E-state index contributed by atoms with van der Waals surface area (Å²) in [4.78, 5) is 16.5. The first-order chi connectivity index (χ1) is 10.7. The second-order valence-corrected chi connectivity index (χ2v) is 5.77. The maximum atomic E-state index is 12.1. The predicted octanol–water partition coefficient (Wildman–Crippen LogP) is 2.57. The molecule has 112 valence electrons. The van der Waals surface area contributed by atoms with Crippen molar-refractivity contribution in [2.45, 2.75) is 31.2 Å². The first kappa shape index (κ1) is 13.2. The molecule has 0 radical (unpaired) electrons. The van der Waals surface area contributed by atoms with E-state index in [4.69, 9.17) is 14.7 Å². The van der Waals surface area contributed by atoms with Gasteiger partial charge in [0.1, 0.15) is 11.1 Å². The Balaban J connectivity index is 1.81. The van der Waals surface area contributed by atoms with Gasteiger partial charge in [0.15, 0.2) is 5.82 Å². The Labute approximate surface area is 125 Å². The molecule has 2 aromatic heterocycles. The van der Waals surface area contributed by atoms with Gasteiger partial charge < -0.3 is 14.7 Å². The quantitative estimate of drug-likeness (QED) is 0.730. The number of fused-ring (bicyclic) bond motifs is 1. The van der Waals surface area contributed by atoms with E-state index >= 15 is 0 Å². The summed E-state index contributed by atoms with van der Waals surface area (Å²) in [5.74, 6) is 0.624. The summed E-state index contributed by atoms with van der Waals surface area (Å²) in [6.45, 7) is 0. The highest BCUT2D eigenvalue weighted by atomic mass is 16.5. The van der Waals surface area contributed by atoms with Crippen LogP contribution in [0.15, 0.2) is 44.1 Å². The number of nitrogens with zero attached hydrogens (tertiary/aromatic N) is 2. The molecule has 0 atom stereocenters. The zero-order valence-corrected chi connectivity index (χ0v) is 11.9. The summed E-state index contributed by atoms with van der Waals surface area (Å²) >= 11 is 0. The Morgan fingerprint density at radius 3 is 2.77 bits per heavy atom. The molecule has 1 aliphatic carbocycles. The molecule has 0 unspecified atom stereocenters. The second kappa shape index (κ2) is 4.78. The van der Waals surface area contributed by atoms with Gasteiger partial charge in [0.25, 0.3) is 5.89 Å². The molecule has 6 nitrogen and oxygen atoms in total. The van der Waals surface area contributed by atoms with Crippen LogP contribution in [-0.4, -0.2) is 10.1 Å². The van der Waals surface area contributed by atoms with Crippen LogP contribution >= 0.6 is 0 Å². The number of hydrogen-bond donors (Lipinski definition) is 1. The van der Waals surface area contributed by atoms with E-state index < -0.39 is 11.2 Å².